The van der Waals surface area contributed by atoms with Crippen LogP contribution in [0, 0.1) is 13.0 Å². The summed E-state index contributed by atoms with van der Waals surface area (Å²) in [4.78, 5) is 5.22. The molecule has 2 rings (SSSR count). The lowest BCUT2D eigenvalue weighted by atomic mass is 10.2. The van der Waals surface area contributed by atoms with Crippen LogP contribution in [-0.4, -0.2) is 13.3 Å². The molecule has 0 amide bonds. The van der Waals surface area contributed by atoms with Gasteiger partial charge in [-0.2, -0.15) is 5.10 Å². The molecule has 4 heteroatoms. The van der Waals surface area contributed by atoms with E-state index in [2.05, 4.69) is 11.2 Å². The zero-order chi connectivity index (χ0) is 13.7. The number of hydrogen-bond donors (Lipinski definition) is 0. The van der Waals surface area contributed by atoms with Crippen molar-refractivity contribution in [2.75, 3.05) is 12.3 Å². The summed E-state index contributed by atoms with van der Waals surface area (Å²) in [5, 5.41) is 6.34. The molecule has 0 aliphatic carbocycles. The molecule has 97 valence electrons. The van der Waals surface area contributed by atoms with E-state index in [0.29, 0.717) is 5.02 Å². The smallest absolute Gasteiger partial charge is 0.0916 e. The number of anilines is 1. The molecular formula is C15H14ClN2O. The molecule has 1 radical (unpaired) electrons. The summed E-state index contributed by atoms with van der Waals surface area (Å²) in [6.45, 7) is 1.95. The zero-order valence-corrected chi connectivity index (χ0v) is 11.6. The second-order valence-corrected chi connectivity index (χ2v) is 4.36. The Balaban J connectivity index is 2.20. The van der Waals surface area contributed by atoms with Crippen LogP contribution in [0.2, 0.25) is 5.02 Å². The monoisotopic (exact) mass is 273 g/mol. The predicted molar refractivity (Wildman–Crippen MR) is 78.5 cm³/mol. The minimum absolute atomic E-state index is 0.682. The van der Waals surface area contributed by atoms with Crippen LogP contribution in [0.3, 0.4) is 0 Å². The number of hydrazone groups is 1. The van der Waals surface area contributed by atoms with Gasteiger partial charge < -0.3 is 0 Å². The molecule has 2 aromatic carbocycles. The predicted octanol–water partition coefficient (Wildman–Crippen LogP) is 3.85. The molecule has 0 fully saturated rings. The van der Waals surface area contributed by atoms with E-state index in [4.69, 9.17) is 16.4 Å². The van der Waals surface area contributed by atoms with E-state index in [1.807, 2.05) is 49.4 Å². The van der Waals surface area contributed by atoms with Crippen molar-refractivity contribution < 1.29 is 4.84 Å². The van der Waals surface area contributed by atoms with Gasteiger partial charge in [0.1, 0.15) is 0 Å². The Kier molecular flexibility index (Phi) is 4.55. The first kappa shape index (κ1) is 13.6. The lowest BCUT2D eigenvalue weighted by Crippen LogP contribution is -2.14. The Morgan fingerprint density at radius 1 is 1.32 bits per heavy atom. The maximum atomic E-state index is 6.09. The lowest BCUT2D eigenvalue weighted by molar-refractivity contribution is 0.170. The molecule has 0 unspecified atom stereocenters. The van der Waals surface area contributed by atoms with Gasteiger partial charge in [0.15, 0.2) is 0 Å². The van der Waals surface area contributed by atoms with Crippen molar-refractivity contribution in [1.82, 2.24) is 0 Å². The van der Waals surface area contributed by atoms with E-state index in [1.165, 1.54) is 5.17 Å². The third kappa shape index (κ3) is 3.56. The van der Waals surface area contributed by atoms with Crippen molar-refractivity contribution in [3.63, 3.8) is 0 Å². The molecule has 0 saturated carbocycles. The highest BCUT2D eigenvalue weighted by atomic mass is 35.5. The van der Waals surface area contributed by atoms with E-state index in [-0.39, 0.29) is 0 Å². The van der Waals surface area contributed by atoms with Crippen LogP contribution in [-0.2, 0) is 4.84 Å². The summed E-state index contributed by atoms with van der Waals surface area (Å²) in [5.41, 5.74) is 2.66. The number of nitrogens with zero attached hydrogens (tertiary/aromatic N) is 2. The van der Waals surface area contributed by atoms with E-state index < -0.39 is 0 Å². The van der Waals surface area contributed by atoms with Crippen LogP contribution >= 0.6 is 11.6 Å². The van der Waals surface area contributed by atoms with E-state index in [9.17, 15) is 0 Å². The van der Waals surface area contributed by atoms with Crippen molar-refractivity contribution >= 4 is 23.5 Å². The highest BCUT2D eigenvalue weighted by Crippen LogP contribution is 2.23. The van der Waals surface area contributed by atoms with Gasteiger partial charge in [0.05, 0.1) is 19.0 Å². The first-order chi connectivity index (χ1) is 9.20. The SMILES string of the molecule is CON(N=Cc1[c]cccc1)c1ccc(C)c(Cl)c1. The highest BCUT2D eigenvalue weighted by Gasteiger charge is 2.05. The molecule has 0 N–H and O–H groups in total. The number of rotatable bonds is 4. The average molecular weight is 274 g/mol. The third-order valence-electron chi connectivity index (χ3n) is 2.58. The van der Waals surface area contributed by atoms with E-state index >= 15 is 0 Å². The summed E-state index contributed by atoms with van der Waals surface area (Å²) in [6.07, 6.45) is 1.68. The first-order valence-corrected chi connectivity index (χ1v) is 6.19. The Hall–Kier alpha value is -1.84. The van der Waals surface area contributed by atoms with Gasteiger partial charge in [0.25, 0.3) is 0 Å². The normalized spacial score (nSPS) is 10.9. The molecule has 0 aliphatic heterocycles. The molecule has 3 nitrogen and oxygen atoms in total. The third-order valence-corrected chi connectivity index (χ3v) is 2.99. The Bertz CT molecular complexity index is 570. The summed E-state index contributed by atoms with van der Waals surface area (Å²) in [5.74, 6) is 0. The average Bonchev–Trinajstić information content (AvgIpc) is 2.44. The van der Waals surface area contributed by atoms with Crippen molar-refractivity contribution in [3.05, 3.63) is 64.7 Å². The van der Waals surface area contributed by atoms with Gasteiger partial charge in [-0.15, -0.1) is 5.17 Å². The molecule has 0 atom stereocenters. The van der Waals surface area contributed by atoms with Crippen molar-refractivity contribution in [1.29, 1.82) is 0 Å². The quantitative estimate of drug-likeness (QED) is 0.624. The molecule has 2 aromatic rings. The zero-order valence-electron chi connectivity index (χ0n) is 10.8. The van der Waals surface area contributed by atoms with Gasteiger partial charge in [-0.05, 0) is 30.7 Å². The maximum Gasteiger partial charge on any atom is 0.0916 e. The minimum Gasteiger partial charge on any atom is -0.255 e. The van der Waals surface area contributed by atoms with E-state index in [1.54, 1.807) is 13.3 Å². The fourth-order valence-electron chi connectivity index (χ4n) is 1.52. The number of benzene rings is 2. The fraction of sp³-hybridized carbons (Fsp3) is 0.133. The Morgan fingerprint density at radius 2 is 2.16 bits per heavy atom. The van der Waals surface area contributed by atoms with Gasteiger partial charge >= 0.3 is 0 Å². The van der Waals surface area contributed by atoms with Crippen molar-refractivity contribution in [3.8, 4) is 0 Å². The van der Waals surface area contributed by atoms with Crippen molar-refractivity contribution in [2.45, 2.75) is 6.92 Å². The number of halogens is 1. The summed E-state index contributed by atoms with van der Waals surface area (Å²) < 4.78 is 0. The van der Waals surface area contributed by atoms with Crippen LogP contribution in [0.25, 0.3) is 0 Å². The van der Waals surface area contributed by atoms with Gasteiger partial charge in [0, 0.05) is 10.6 Å². The largest absolute Gasteiger partial charge is 0.255 e. The van der Waals surface area contributed by atoms with Crippen molar-refractivity contribution in [2.24, 2.45) is 5.10 Å². The molecular weight excluding hydrogens is 260 g/mol. The van der Waals surface area contributed by atoms with Crippen LogP contribution in [0.5, 0.6) is 0 Å². The van der Waals surface area contributed by atoms with Gasteiger partial charge in [0.2, 0.25) is 0 Å². The Labute approximate surface area is 118 Å². The molecule has 0 saturated heterocycles. The molecule has 0 spiro atoms. The molecule has 0 heterocycles. The second kappa shape index (κ2) is 6.36. The summed E-state index contributed by atoms with van der Waals surface area (Å²) >= 11 is 6.09. The second-order valence-electron chi connectivity index (χ2n) is 3.95. The molecule has 0 aliphatic rings. The summed E-state index contributed by atoms with van der Waals surface area (Å²) in [7, 11) is 1.56. The molecule has 0 aromatic heterocycles. The van der Waals surface area contributed by atoms with Crippen LogP contribution in [0.4, 0.5) is 5.69 Å². The van der Waals surface area contributed by atoms with Crippen LogP contribution in [0.15, 0.2) is 47.6 Å². The number of aryl methyl sites for hydroxylation is 1. The highest BCUT2D eigenvalue weighted by molar-refractivity contribution is 6.31. The van der Waals surface area contributed by atoms with E-state index in [0.717, 1.165) is 16.8 Å². The van der Waals surface area contributed by atoms with Gasteiger partial charge in [-0.1, -0.05) is 41.9 Å². The van der Waals surface area contributed by atoms with Gasteiger partial charge in [-0.3, -0.25) is 4.84 Å². The number of hydrogen-bond acceptors (Lipinski definition) is 3. The maximum absolute atomic E-state index is 6.09. The fourth-order valence-corrected chi connectivity index (χ4v) is 1.70. The molecule has 19 heavy (non-hydrogen) atoms. The first-order valence-electron chi connectivity index (χ1n) is 5.82. The Morgan fingerprint density at radius 3 is 2.79 bits per heavy atom. The summed E-state index contributed by atoms with van der Waals surface area (Å²) in [6, 6.07) is 16.3. The topological polar surface area (TPSA) is 24.8 Å². The van der Waals surface area contributed by atoms with Crippen LogP contribution < -0.4 is 5.17 Å². The minimum atomic E-state index is 0.682. The van der Waals surface area contributed by atoms with Crippen LogP contribution in [0.1, 0.15) is 11.1 Å². The standard InChI is InChI=1S/C15H14ClN2O/c1-12-8-9-14(10-15(12)16)18(19-2)17-11-13-6-4-3-5-7-13/h3-6,8-11H,1-2H3. The molecule has 0 bridgehead atoms. The van der Waals surface area contributed by atoms with Gasteiger partial charge in [-0.25, -0.2) is 0 Å². The lowest BCUT2D eigenvalue weighted by Gasteiger charge is -2.16.